The van der Waals surface area contributed by atoms with Crippen LogP contribution in [0.3, 0.4) is 0 Å². The average Bonchev–Trinajstić information content (AvgIpc) is 3.58. The summed E-state index contributed by atoms with van der Waals surface area (Å²) in [5, 5.41) is 9.97. The van der Waals surface area contributed by atoms with Gasteiger partial charge >= 0.3 is 6.09 Å². The summed E-state index contributed by atoms with van der Waals surface area (Å²) in [6.45, 7) is 0.624. The Kier molecular flexibility index (Phi) is 8.42. The SMILES string of the molecule is O=C(CNC(=O)c1cccnc1)CN1CCN(c2c(F)cc(N3C[C@H](Cn4cc(CF)nn4)OC3=O)cc2F)CC1. The van der Waals surface area contributed by atoms with Crippen LogP contribution >= 0.6 is 0 Å². The first-order valence-electron chi connectivity index (χ1n) is 12.9. The van der Waals surface area contributed by atoms with Crippen LogP contribution in [0, 0.1) is 11.6 Å². The maximum atomic E-state index is 15.2. The molecule has 2 aliphatic heterocycles. The van der Waals surface area contributed by atoms with Crippen molar-refractivity contribution in [3.63, 3.8) is 0 Å². The molecule has 12 nitrogen and oxygen atoms in total. The number of anilines is 2. The van der Waals surface area contributed by atoms with Crippen molar-refractivity contribution < 1.29 is 32.3 Å². The number of aromatic nitrogens is 4. The summed E-state index contributed by atoms with van der Waals surface area (Å²) in [6, 6.07) is 5.38. The standard InChI is InChI=1S/C26H27F3N8O4/c27-10-18-13-36(33-32-18)15-21-16-37(26(40)41-21)19-8-22(28)24(23(29)9-19)35-6-4-34(5-7-35)14-20(38)12-31-25(39)17-2-1-3-30-11-17/h1-3,8-9,11,13,21H,4-7,10,12,14-16H2,(H,31,39)/t21-/m0/s1. The van der Waals surface area contributed by atoms with E-state index >= 15 is 8.78 Å². The molecule has 0 spiro atoms. The van der Waals surface area contributed by atoms with Crippen molar-refractivity contribution in [3.8, 4) is 0 Å². The number of benzene rings is 1. The number of Topliss-reactive ketones (excluding diaryl/α,β-unsaturated/α-hetero) is 1. The number of rotatable bonds is 10. The summed E-state index contributed by atoms with van der Waals surface area (Å²) in [5.74, 6) is -2.25. The number of hydrogen-bond donors (Lipinski definition) is 1. The molecule has 15 heteroatoms. The molecule has 2 fully saturated rings. The second-order valence-electron chi connectivity index (χ2n) is 9.67. The molecule has 1 N–H and O–H groups in total. The van der Waals surface area contributed by atoms with E-state index in [9.17, 15) is 18.8 Å². The molecule has 2 amide bonds. The molecule has 5 rings (SSSR count). The average molecular weight is 573 g/mol. The van der Waals surface area contributed by atoms with Crippen LogP contribution in [0.2, 0.25) is 0 Å². The van der Waals surface area contributed by atoms with Crippen molar-refractivity contribution in [2.75, 3.05) is 55.6 Å². The lowest BCUT2D eigenvalue weighted by molar-refractivity contribution is -0.119. The largest absolute Gasteiger partial charge is 0.442 e. The van der Waals surface area contributed by atoms with Crippen LogP contribution in [0.1, 0.15) is 16.1 Å². The minimum Gasteiger partial charge on any atom is -0.442 e. The lowest BCUT2D eigenvalue weighted by Crippen LogP contribution is -2.49. The zero-order valence-corrected chi connectivity index (χ0v) is 21.9. The number of ketones is 1. The van der Waals surface area contributed by atoms with E-state index in [0.29, 0.717) is 18.7 Å². The minimum absolute atomic E-state index is 0.0110. The highest BCUT2D eigenvalue weighted by Gasteiger charge is 2.34. The van der Waals surface area contributed by atoms with Crippen LogP contribution < -0.4 is 15.1 Å². The number of nitrogens with one attached hydrogen (secondary N) is 1. The van der Waals surface area contributed by atoms with Gasteiger partial charge in [0.05, 0.1) is 43.6 Å². The third-order valence-corrected chi connectivity index (χ3v) is 6.76. The number of piperazine rings is 1. The van der Waals surface area contributed by atoms with Gasteiger partial charge in [0, 0.05) is 50.7 Å². The van der Waals surface area contributed by atoms with Crippen molar-refractivity contribution >= 4 is 29.2 Å². The Morgan fingerprint density at radius 3 is 2.54 bits per heavy atom. The molecule has 0 aliphatic carbocycles. The highest BCUT2D eigenvalue weighted by atomic mass is 19.1. The lowest BCUT2D eigenvalue weighted by Gasteiger charge is -2.36. The Morgan fingerprint density at radius 2 is 1.88 bits per heavy atom. The molecular formula is C26H27F3N8O4. The quantitative estimate of drug-likeness (QED) is 0.385. The van der Waals surface area contributed by atoms with E-state index in [1.807, 2.05) is 4.90 Å². The second-order valence-corrected chi connectivity index (χ2v) is 9.67. The Labute approximate surface area is 232 Å². The van der Waals surface area contributed by atoms with Crippen molar-refractivity contribution in [3.05, 3.63) is 65.7 Å². The van der Waals surface area contributed by atoms with E-state index < -0.39 is 36.4 Å². The molecule has 0 saturated carbocycles. The van der Waals surface area contributed by atoms with Gasteiger partial charge in [-0.3, -0.25) is 24.4 Å². The summed E-state index contributed by atoms with van der Waals surface area (Å²) < 4.78 is 49.6. The summed E-state index contributed by atoms with van der Waals surface area (Å²) in [5.41, 5.74) is 0.292. The van der Waals surface area contributed by atoms with Gasteiger partial charge in [0.1, 0.15) is 24.2 Å². The van der Waals surface area contributed by atoms with Gasteiger partial charge in [0.25, 0.3) is 5.91 Å². The molecule has 0 unspecified atom stereocenters. The maximum Gasteiger partial charge on any atom is 0.414 e. The fourth-order valence-electron chi connectivity index (χ4n) is 4.75. The molecule has 1 atom stereocenters. The van der Waals surface area contributed by atoms with Gasteiger partial charge in [-0.2, -0.15) is 0 Å². The summed E-state index contributed by atoms with van der Waals surface area (Å²) in [7, 11) is 0. The van der Waals surface area contributed by atoms with Gasteiger partial charge in [0.15, 0.2) is 17.4 Å². The summed E-state index contributed by atoms with van der Waals surface area (Å²) in [6.07, 6.45) is 2.91. The normalized spacial score (nSPS) is 17.5. The molecule has 4 heterocycles. The first kappa shape index (κ1) is 28.0. The van der Waals surface area contributed by atoms with Crippen LogP contribution in [0.25, 0.3) is 0 Å². The smallest absolute Gasteiger partial charge is 0.414 e. The summed E-state index contributed by atoms with van der Waals surface area (Å²) in [4.78, 5) is 45.3. The van der Waals surface area contributed by atoms with Crippen LogP contribution in [0.4, 0.5) is 29.3 Å². The zero-order valence-electron chi connectivity index (χ0n) is 21.9. The number of cyclic esters (lactones) is 1. The van der Waals surface area contributed by atoms with Gasteiger partial charge < -0.3 is 15.0 Å². The second kappa shape index (κ2) is 12.3. The first-order chi connectivity index (χ1) is 19.8. The number of amides is 2. The molecule has 1 aromatic carbocycles. The number of ether oxygens (including phenoxy) is 1. The van der Waals surface area contributed by atoms with Crippen LogP contribution in [-0.4, -0.2) is 94.6 Å². The van der Waals surface area contributed by atoms with Crippen LogP contribution in [-0.2, 0) is 22.8 Å². The van der Waals surface area contributed by atoms with Gasteiger partial charge in [-0.25, -0.2) is 22.6 Å². The molecule has 2 aromatic heterocycles. The highest BCUT2D eigenvalue weighted by molar-refractivity contribution is 5.96. The van der Waals surface area contributed by atoms with E-state index in [0.717, 1.165) is 17.0 Å². The maximum absolute atomic E-state index is 15.2. The number of hydrogen-bond acceptors (Lipinski definition) is 9. The van der Waals surface area contributed by atoms with Gasteiger partial charge in [0.2, 0.25) is 0 Å². The third kappa shape index (κ3) is 6.62. The fourth-order valence-corrected chi connectivity index (χ4v) is 4.75. The van der Waals surface area contributed by atoms with Crippen molar-refractivity contribution in [1.29, 1.82) is 0 Å². The number of nitrogens with zero attached hydrogens (tertiary/aromatic N) is 7. The molecular weight excluding hydrogens is 545 g/mol. The van der Waals surface area contributed by atoms with Gasteiger partial charge in [-0.15, -0.1) is 5.10 Å². The number of pyridine rings is 1. The highest BCUT2D eigenvalue weighted by Crippen LogP contribution is 2.31. The minimum atomic E-state index is -0.831. The van der Waals surface area contributed by atoms with Crippen molar-refractivity contribution in [2.24, 2.45) is 0 Å². The summed E-state index contributed by atoms with van der Waals surface area (Å²) >= 11 is 0. The van der Waals surface area contributed by atoms with Crippen molar-refractivity contribution in [1.82, 2.24) is 30.2 Å². The Hall–Kier alpha value is -4.53. The zero-order chi connectivity index (χ0) is 28.9. The Bertz CT molecular complexity index is 1390. The molecule has 2 aliphatic rings. The van der Waals surface area contributed by atoms with E-state index in [-0.39, 0.29) is 62.1 Å². The van der Waals surface area contributed by atoms with E-state index in [2.05, 4.69) is 20.6 Å². The number of alkyl halides is 1. The third-order valence-electron chi connectivity index (χ3n) is 6.76. The molecule has 3 aromatic rings. The predicted octanol–water partition coefficient (Wildman–Crippen LogP) is 1.57. The molecule has 0 radical (unpaired) electrons. The molecule has 0 bridgehead atoms. The topological polar surface area (TPSA) is 126 Å². The Balaban J connectivity index is 1.13. The molecule has 2 saturated heterocycles. The van der Waals surface area contributed by atoms with E-state index in [4.69, 9.17) is 4.74 Å². The Morgan fingerprint density at radius 1 is 1.12 bits per heavy atom. The van der Waals surface area contributed by atoms with Gasteiger partial charge in [-0.1, -0.05) is 5.21 Å². The van der Waals surface area contributed by atoms with Crippen molar-refractivity contribution in [2.45, 2.75) is 19.3 Å². The predicted molar refractivity (Wildman–Crippen MR) is 139 cm³/mol. The monoisotopic (exact) mass is 572 g/mol. The fraction of sp³-hybridized carbons (Fsp3) is 0.385. The van der Waals surface area contributed by atoms with Gasteiger partial charge in [-0.05, 0) is 12.1 Å². The van der Waals surface area contributed by atoms with E-state index in [1.54, 1.807) is 23.2 Å². The number of carbonyl (C=O) groups is 3. The number of carbonyl (C=O) groups excluding carboxylic acids is 3. The number of halogens is 3. The molecule has 216 valence electrons. The van der Waals surface area contributed by atoms with E-state index in [1.165, 1.54) is 17.1 Å². The first-order valence-corrected chi connectivity index (χ1v) is 12.9. The lowest BCUT2D eigenvalue weighted by atomic mass is 10.2. The van der Waals surface area contributed by atoms with Crippen LogP contribution in [0.15, 0.2) is 42.9 Å². The molecule has 41 heavy (non-hydrogen) atoms. The van der Waals surface area contributed by atoms with Crippen LogP contribution in [0.5, 0.6) is 0 Å².